The Morgan fingerprint density at radius 3 is 1.54 bits per heavy atom. The van der Waals surface area contributed by atoms with E-state index in [1.165, 1.54) is 0 Å². The van der Waals surface area contributed by atoms with Gasteiger partial charge in [0, 0.05) is 0 Å². The van der Waals surface area contributed by atoms with Crippen LogP contribution in [0.4, 0.5) is 0 Å². The zero-order valence-corrected chi connectivity index (χ0v) is 10.9. The maximum atomic E-state index is 8.74. The monoisotopic (exact) mass is 232 g/mol. The summed E-state index contributed by atoms with van der Waals surface area (Å²) in [5.41, 5.74) is 0. The predicted molar refractivity (Wildman–Crippen MR) is 43.4 cm³/mol. The molecule has 0 saturated heterocycles. The minimum atomic E-state index is -4.67. The Hall–Kier alpha value is 0.526. The molecule has 0 fully saturated rings. The smallest absolute Gasteiger partial charge is 1.00 e. The molecule has 0 spiro atoms. The molecule has 0 radical (unpaired) electrons. The molecule has 0 saturated carbocycles. The molecular weight excluding hydrogens is 223 g/mol. The van der Waals surface area contributed by atoms with Crippen LogP contribution in [-0.4, -0.2) is 22.6 Å². The number of hydrogen-bond donors (Lipinski definition) is 3. The van der Waals surface area contributed by atoms with Crippen LogP contribution in [0.15, 0.2) is 30.3 Å². The Morgan fingerprint density at radius 1 is 1.08 bits per heavy atom. The maximum Gasteiger partial charge on any atom is 1.00 e. The summed E-state index contributed by atoms with van der Waals surface area (Å²) in [5, 5.41) is 8.63. The summed E-state index contributed by atoms with van der Waals surface area (Å²) in [6.45, 7) is 0. The molecule has 13 heavy (non-hydrogen) atoms. The van der Waals surface area contributed by atoms with Gasteiger partial charge in [0.1, 0.15) is 5.75 Å². The van der Waals surface area contributed by atoms with Crippen molar-refractivity contribution in [2.45, 2.75) is 0 Å². The van der Waals surface area contributed by atoms with Gasteiger partial charge in [-0.2, -0.15) is 8.42 Å². The normalized spacial score (nSPS) is 9.08. The van der Waals surface area contributed by atoms with Gasteiger partial charge >= 0.3 is 61.8 Å². The predicted octanol–water partition coefficient (Wildman–Crippen LogP) is -2.14. The number of para-hydroxylation sites is 1. The van der Waals surface area contributed by atoms with E-state index in [9.17, 15) is 0 Å². The number of phenols is 1. The Labute approximate surface area is 120 Å². The van der Waals surface area contributed by atoms with E-state index in [4.69, 9.17) is 22.6 Å². The van der Waals surface area contributed by atoms with Crippen molar-refractivity contribution in [2.24, 2.45) is 0 Å². The van der Waals surface area contributed by atoms with Crippen molar-refractivity contribution >= 4 is 10.4 Å². The Bertz CT molecular complexity index is 306. The van der Waals surface area contributed by atoms with Crippen molar-refractivity contribution in [1.82, 2.24) is 0 Å². The molecule has 0 atom stereocenters. The van der Waals surface area contributed by atoms with Crippen LogP contribution in [-0.2, 0) is 10.4 Å². The standard InChI is InChI=1S/C6H6O.K.H2O4S.H/c7-6-4-2-1-3-5-6;;1-5(2,3)4;/h1-5,7H;;(H2,1,2,3,4);/q;+1;;-1. The summed E-state index contributed by atoms with van der Waals surface area (Å²) in [6, 6.07) is 8.71. The molecule has 1 aromatic carbocycles. The Morgan fingerprint density at radius 2 is 1.38 bits per heavy atom. The van der Waals surface area contributed by atoms with Crippen LogP contribution in [0.1, 0.15) is 1.43 Å². The minimum Gasteiger partial charge on any atom is -1.00 e. The van der Waals surface area contributed by atoms with Gasteiger partial charge in [-0.1, -0.05) is 18.2 Å². The molecule has 3 N–H and O–H groups in total. The van der Waals surface area contributed by atoms with Crippen LogP contribution in [0.2, 0.25) is 0 Å². The number of phenolic OH excluding ortho intramolecular Hbond substituents is 1. The fourth-order valence-electron chi connectivity index (χ4n) is 0.428. The van der Waals surface area contributed by atoms with Gasteiger partial charge in [-0.05, 0) is 12.1 Å². The number of hydrogen-bond acceptors (Lipinski definition) is 3. The van der Waals surface area contributed by atoms with Crippen molar-refractivity contribution in [3.8, 4) is 5.75 Å². The second kappa shape index (κ2) is 7.89. The van der Waals surface area contributed by atoms with Crippen LogP contribution < -0.4 is 51.4 Å². The molecule has 70 valence electrons. The maximum absolute atomic E-state index is 8.74. The molecule has 0 unspecified atom stereocenters. The van der Waals surface area contributed by atoms with Crippen LogP contribution >= 0.6 is 0 Å². The molecule has 7 heteroatoms. The summed E-state index contributed by atoms with van der Waals surface area (Å²) in [5.74, 6) is 0.322. The largest absolute Gasteiger partial charge is 1.00 e. The van der Waals surface area contributed by atoms with E-state index in [-0.39, 0.29) is 52.8 Å². The van der Waals surface area contributed by atoms with Gasteiger partial charge in [-0.15, -0.1) is 0 Å². The first kappa shape index (κ1) is 16.0. The van der Waals surface area contributed by atoms with E-state index >= 15 is 0 Å². The molecule has 0 aliphatic carbocycles. The first-order valence-electron chi connectivity index (χ1n) is 2.83. The van der Waals surface area contributed by atoms with E-state index in [0.717, 1.165) is 0 Å². The SMILES string of the molecule is O=S(=O)(O)O.Oc1ccccc1.[H-].[K+]. The van der Waals surface area contributed by atoms with Crippen molar-refractivity contribution in [1.29, 1.82) is 0 Å². The molecule has 1 rings (SSSR count). The average Bonchev–Trinajstić information content (AvgIpc) is 1.85. The van der Waals surface area contributed by atoms with E-state index in [2.05, 4.69) is 0 Å². The molecule has 0 bridgehead atoms. The summed E-state index contributed by atoms with van der Waals surface area (Å²) >= 11 is 0. The topological polar surface area (TPSA) is 94.8 Å². The molecule has 5 nitrogen and oxygen atoms in total. The summed E-state index contributed by atoms with van der Waals surface area (Å²) in [6.07, 6.45) is 0. The van der Waals surface area contributed by atoms with Crippen molar-refractivity contribution in [2.75, 3.05) is 0 Å². The number of aromatic hydroxyl groups is 1. The summed E-state index contributed by atoms with van der Waals surface area (Å²) in [7, 11) is -4.67. The van der Waals surface area contributed by atoms with Crippen molar-refractivity contribution in [3.63, 3.8) is 0 Å². The van der Waals surface area contributed by atoms with Crippen LogP contribution in [0.3, 0.4) is 0 Å². The van der Waals surface area contributed by atoms with Gasteiger partial charge in [0.05, 0.1) is 0 Å². The third-order valence-electron chi connectivity index (χ3n) is 0.756. The molecule has 0 amide bonds. The molecule has 0 aliphatic heterocycles. The van der Waals surface area contributed by atoms with Crippen LogP contribution in [0.5, 0.6) is 5.75 Å². The minimum absolute atomic E-state index is 0. The summed E-state index contributed by atoms with van der Waals surface area (Å²) < 4.78 is 31.6. The van der Waals surface area contributed by atoms with Crippen LogP contribution in [0.25, 0.3) is 0 Å². The van der Waals surface area contributed by atoms with Crippen LogP contribution in [0, 0.1) is 0 Å². The van der Waals surface area contributed by atoms with Gasteiger partial charge in [0.25, 0.3) is 0 Å². The number of rotatable bonds is 0. The van der Waals surface area contributed by atoms with Crippen molar-refractivity contribution < 1.29 is 75.4 Å². The third kappa shape index (κ3) is 19.1. The number of benzene rings is 1. The van der Waals surface area contributed by atoms with Gasteiger partial charge < -0.3 is 6.53 Å². The average molecular weight is 232 g/mol. The third-order valence-corrected chi connectivity index (χ3v) is 0.756. The van der Waals surface area contributed by atoms with E-state index in [1.54, 1.807) is 24.3 Å². The van der Waals surface area contributed by atoms with E-state index < -0.39 is 10.4 Å². The second-order valence-corrected chi connectivity index (χ2v) is 2.68. The first-order chi connectivity index (χ1) is 5.39. The quantitative estimate of drug-likeness (QED) is 0.350. The van der Waals surface area contributed by atoms with Gasteiger partial charge in [-0.3, -0.25) is 9.11 Å². The Kier molecular flexibility index (Phi) is 9.69. The Balaban J connectivity index is -0.000000159. The fraction of sp³-hybridized carbons (Fsp3) is 0. The molecular formula is C6H9KO5S. The van der Waals surface area contributed by atoms with Gasteiger partial charge in [-0.25, -0.2) is 0 Å². The zero-order chi connectivity index (χ0) is 9.61. The van der Waals surface area contributed by atoms with E-state index in [0.29, 0.717) is 5.75 Å². The molecule has 0 aromatic heterocycles. The van der Waals surface area contributed by atoms with Crippen molar-refractivity contribution in [3.05, 3.63) is 30.3 Å². The second-order valence-electron chi connectivity index (χ2n) is 1.78. The molecule has 0 heterocycles. The molecule has 0 aliphatic rings. The first-order valence-corrected chi connectivity index (χ1v) is 4.23. The van der Waals surface area contributed by atoms with Gasteiger partial charge in [0.15, 0.2) is 0 Å². The fourth-order valence-corrected chi connectivity index (χ4v) is 0.428. The zero-order valence-electron chi connectivity index (χ0n) is 7.95. The molecule has 1 aromatic rings. The van der Waals surface area contributed by atoms with E-state index in [1.807, 2.05) is 6.07 Å². The summed E-state index contributed by atoms with van der Waals surface area (Å²) in [4.78, 5) is 0. The van der Waals surface area contributed by atoms with Gasteiger partial charge in [0.2, 0.25) is 0 Å².